The van der Waals surface area contributed by atoms with Crippen LogP contribution in [0.2, 0.25) is 0 Å². The molecule has 5 heteroatoms. The van der Waals surface area contributed by atoms with Gasteiger partial charge in [-0.2, -0.15) is 13.2 Å². The standard InChI is InChI=1S/C15H21F3N2/c1-2-13(11-6-4-3-5-7-11)20-14-10-12(8-9-19-14)15(16,17)18/h8-11,13H,2-7H2,1H3,(H,19,20). The first-order chi connectivity index (χ1) is 9.50. The lowest BCUT2D eigenvalue weighted by Gasteiger charge is -2.30. The number of pyridine rings is 1. The number of halogens is 3. The third-order valence-corrected chi connectivity index (χ3v) is 4.08. The van der Waals surface area contributed by atoms with Crippen LogP contribution in [0.1, 0.15) is 51.0 Å². The lowest BCUT2D eigenvalue weighted by atomic mass is 9.83. The van der Waals surface area contributed by atoms with Gasteiger partial charge in [-0.15, -0.1) is 0 Å². The molecule has 1 unspecified atom stereocenters. The predicted molar refractivity (Wildman–Crippen MR) is 73.5 cm³/mol. The fourth-order valence-corrected chi connectivity index (χ4v) is 2.97. The fraction of sp³-hybridized carbons (Fsp3) is 0.667. The maximum Gasteiger partial charge on any atom is 0.416 e. The number of rotatable bonds is 4. The molecule has 0 aromatic carbocycles. The van der Waals surface area contributed by atoms with Crippen LogP contribution in [-0.4, -0.2) is 11.0 Å². The van der Waals surface area contributed by atoms with Gasteiger partial charge >= 0.3 is 6.18 Å². The summed E-state index contributed by atoms with van der Waals surface area (Å²) >= 11 is 0. The van der Waals surface area contributed by atoms with E-state index in [9.17, 15) is 13.2 Å². The number of aromatic nitrogens is 1. The molecule has 1 fully saturated rings. The Labute approximate surface area is 117 Å². The maximum absolute atomic E-state index is 12.7. The molecule has 1 aliphatic carbocycles. The van der Waals surface area contributed by atoms with Crippen molar-refractivity contribution in [1.29, 1.82) is 0 Å². The zero-order chi connectivity index (χ0) is 14.6. The molecule has 0 amide bonds. The fourth-order valence-electron chi connectivity index (χ4n) is 2.97. The average Bonchev–Trinajstić information content (AvgIpc) is 2.45. The third-order valence-electron chi connectivity index (χ3n) is 4.08. The van der Waals surface area contributed by atoms with Crippen LogP contribution in [0.3, 0.4) is 0 Å². The Hall–Kier alpha value is -1.26. The molecular formula is C15H21F3N2. The molecular weight excluding hydrogens is 265 g/mol. The molecule has 0 aliphatic heterocycles. The Morgan fingerprint density at radius 1 is 1.30 bits per heavy atom. The highest BCUT2D eigenvalue weighted by Gasteiger charge is 2.31. The summed E-state index contributed by atoms with van der Waals surface area (Å²) in [6.07, 6.45) is 3.84. The molecule has 1 atom stereocenters. The van der Waals surface area contributed by atoms with Crippen molar-refractivity contribution in [1.82, 2.24) is 4.98 Å². The SMILES string of the molecule is CCC(Nc1cc(C(F)(F)F)ccn1)C1CCCCC1. The van der Waals surface area contributed by atoms with E-state index in [4.69, 9.17) is 0 Å². The Bertz CT molecular complexity index is 425. The molecule has 0 bridgehead atoms. The summed E-state index contributed by atoms with van der Waals surface area (Å²) in [6.45, 7) is 2.07. The van der Waals surface area contributed by atoms with E-state index in [0.29, 0.717) is 11.7 Å². The van der Waals surface area contributed by atoms with Gasteiger partial charge in [0, 0.05) is 12.2 Å². The molecule has 1 heterocycles. The van der Waals surface area contributed by atoms with E-state index in [-0.39, 0.29) is 6.04 Å². The molecule has 1 aromatic heterocycles. The number of nitrogens with zero attached hydrogens (tertiary/aromatic N) is 1. The van der Waals surface area contributed by atoms with E-state index in [2.05, 4.69) is 17.2 Å². The summed E-state index contributed by atoms with van der Waals surface area (Å²) in [5.74, 6) is 0.877. The van der Waals surface area contributed by atoms with Gasteiger partial charge in [-0.25, -0.2) is 4.98 Å². The summed E-state index contributed by atoms with van der Waals surface area (Å²) in [4.78, 5) is 4.02. The number of hydrogen-bond donors (Lipinski definition) is 1. The topological polar surface area (TPSA) is 24.9 Å². The van der Waals surface area contributed by atoms with Gasteiger partial charge in [0.25, 0.3) is 0 Å². The summed E-state index contributed by atoms with van der Waals surface area (Å²) < 4.78 is 38.1. The van der Waals surface area contributed by atoms with E-state index in [1.54, 1.807) is 0 Å². The van der Waals surface area contributed by atoms with E-state index < -0.39 is 11.7 Å². The van der Waals surface area contributed by atoms with Crippen molar-refractivity contribution in [3.05, 3.63) is 23.9 Å². The first-order valence-corrected chi connectivity index (χ1v) is 7.30. The lowest BCUT2D eigenvalue weighted by Crippen LogP contribution is -2.30. The van der Waals surface area contributed by atoms with Crippen LogP contribution < -0.4 is 5.32 Å². The molecule has 1 saturated carbocycles. The van der Waals surface area contributed by atoms with Crippen LogP contribution in [0.4, 0.5) is 19.0 Å². The molecule has 2 rings (SSSR count). The number of anilines is 1. The van der Waals surface area contributed by atoms with Crippen molar-refractivity contribution in [3.63, 3.8) is 0 Å². The number of hydrogen-bond acceptors (Lipinski definition) is 2. The smallest absolute Gasteiger partial charge is 0.367 e. The first kappa shape index (κ1) is 15.1. The van der Waals surface area contributed by atoms with Gasteiger partial charge in [-0.05, 0) is 37.3 Å². The Morgan fingerprint density at radius 3 is 2.60 bits per heavy atom. The average molecular weight is 286 g/mol. The van der Waals surface area contributed by atoms with Gasteiger partial charge in [0.2, 0.25) is 0 Å². The Morgan fingerprint density at radius 2 is 2.00 bits per heavy atom. The Balaban J connectivity index is 2.07. The normalized spacial score (nSPS) is 18.8. The second-order valence-corrected chi connectivity index (χ2v) is 5.48. The van der Waals surface area contributed by atoms with Gasteiger partial charge in [-0.1, -0.05) is 26.2 Å². The van der Waals surface area contributed by atoms with Crippen molar-refractivity contribution in [3.8, 4) is 0 Å². The summed E-state index contributed by atoms with van der Waals surface area (Å²) in [5.41, 5.74) is -0.645. The van der Waals surface area contributed by atoms with Crippen molar-refractivity contribution in [2.75, 3.05) is 5.32 Å². The van der Waals surface area contributed by atoms with Crippen molar-refractivity contribution in [2.24, 2.45) is 5.92 Å². The predicted octanol–water partition coefficient (Wildman–Crippen LogP) is 4.87. The largest absolute Gasteiger partial charge is 0.416 e. The minimum absolute atomic E-state index is 0.214. The zero-order valence-electron chi connectivity index (χ0n) is 11.7. The van der Waals surface area contributed by atoms with Gasteiger partial charge < -0.3 is 5.32 Å². The van der Waals surface area contributed by atoms with Crippen molar-refractivity contribution in [2.45, 2.75) is 57.7 Å². The number of alkyl halides is 3. The highest BCUT2D eigenvalue weighted by atomic mass is 19.4. The van der Waals surface area contributed by atoms with Gasteiger partial charge in [0.1, 0.15) is 5.82 Å². The van der Waals surface area contributed by atoms with Crippen molar-refractivity contribution >= 4 is 5.82 Å². The van der Waals surface area contributed by atoms with Gasteiger partial charge in [-0.3, -0.25) is 0 Å². The molecule has 0 spiro atoms. The summed E-state index contributed by atoms with van der Waals surface area (Å²) in [7, 11) is 0. The van der Waals surface area contributed by atoms with Crippen LogP contribution >= 0.6 is 0 Å². The van der Waals surface area contributed by atoms with E-state index in [1.807, 2.05) is 0 Å². The van der Waals surface area contributed by atoms with E-state index in [0.717, 1.165) is 31.4 Å². The lowest BCUT2D eigenvalue weighted by molar-refractivity contribution is -0.137. The van der Waals surface area contributed by atoms with E-state index in [1.165, 1.54) is 25.5 Å². The highest BCUT2D eigenvalue weighted by molar-refractivity contribution is 5.39. The number of nitrogens with one attached hydrogen (secondary N) is 1. The van der Waals surface area contributed by atoms with E-state index >= 15 is 0 Å². The maximum atomic E-state index is 12.7. The van der Waals surface area contributed by atoms with Crippen molar-refractivity contribution < 1.29 is 13.2 Å². The molecule has 1 aromatic rings. The van der Waals surface area contributed by atoms with Crippen LogP contribution in [-0.2, 0) is 6.18 Å². The molecule has 2 nitrogen and oxygen atoms in total. The first-order valence-electron chi connectivity index (χ1n) is 7.30. The van der Waals surface area contributed by atoms with Crippen LogP contribution in [0.5, 0.6) is 0 Å². The molecule has 0 saturated heterocycles. The minimum Gasteiger partial charge on any atom is -0.367 e. The minimum atomic E-state index is -4.31. The second-order valence-electron chi connectivity index (χ2n) is 5.48. The van der Waals surface area contributed by atoms with Gasteiger partial charge in [0.15, 0.2) is 0 Å². The highest BCUT2D eigenvalue weighted by Crippen LogP contribution is 2.32. The molecule has 20 heavy (non-hydrogen) atoms. The monoisotopic (exact) mass is 286 g/mol. The van der Waals surface area contributed by atoms with Crippen LogP contribution in [0.15, 0.2) is 18.3 Å². The summed E-state index contributed by atoms with van der Waals surface area (Å²) in [6, 6.07) is 2.32. The summed E-state index contributed by atoms with van der Waals surface area (Å²) in [5, 5.41) is 3.20. The Kier molecular flexibility index (Phi) is 4.89. The van der Waals surface area contributed by atoms with Gasteiger partial charge in [0.05, 0.1) is 5.56 Å². The zero-order valence-corrected chi connectivity index (χ0v) is 11.7. The van der Waals surface area contributed by atoms with Crippen LogP contribution in [0, 0.1) is 5.92 Å². The molecule has 0 radical (unpaired) electrons. The third kappa shape index (κ3) is 3.87. The molecule has 112 valence electrons. The molecule has 1 N–H and O–H groups in total. The second kappa shape index (κ2) is 6.46. The molecule has 1 aliphatic rings. The quantitative estimate of drug-likeness (QED) is 0.854. The van der Waals surface area contributed by atoms with Crippen LogP contribution in [0.25, 0.3) is 0 Å².